The van der Waals surface area contributed by atoms with Crippen molar-refractivity contribution in [2.45, 2.75) is 44.4 Å². The van der Waals surface area contributed by atoms with Gasteiger partial charge in [0.1, 0.15) is 11.6 Å². The van der Waals surface area contributed by atoms with E-state index in [2.05, 4.69) is 15.1 Å². The van der Waals surface area contributed by atoms with Gasteiger partial charge in [-0.3, -0.25) is 4.79 Å². The third kappa shape index (κ3) is 3.01. The van der Waals surface area contributed by atoms with Gasteiger partial charge in [0.15, 0.2) is 5.82 Å². The molecular weight excluding hydrogens is 334 g/mol. The number of amides is 1. The molecule has 2 fully saturated rings. The van der Waals surface area contributed by atoms with Gasteiger partial charge in [0.05, 0.1) is 11.3 Å². The topological polar surface area (TPSA) is 116 Å². The smallest absolute Gasteiger partial charge is 0.255 e. The first-order valence-electron chi connectivity index (χ1n) is 8.80. The maximum absolute atomic E-state index is 13.0. The molecule has 2 aliphatic rings. The Kier molecular flexibility index (Phi) is 4.07. The molecule has 26 heavy (non-hydrogen) atoms. The summed E-state index contributed by atoms with van der Waals surface area (Å²) in [7, 11) is 0. The van der Waals surface area contributed by atoms with Crippen LogP contribution >= 0.6 is 0 Å². The first-order valence-corrected chi connectivity index (χ1v) is 8.80. The summed E-state index contributed by atoms with van der Waals surface area (Å²) >= 11 is 0. The van der Waals surface area contributed by atoms with E-state index in [1.807, 2.05) is 6.07 Å². The third-order valence-electron chi connectivity index (χ3n) is 5.04. The highest BCUT2D eigenvalue weighted by atomic mass is 16.5. The molecule has 3 heterocycles. The van der Waals surface area contributed by atoms with Crippen molar-refractivity contribution in [2.24, 2.45) is 0 Å². The predicted octanol–water partition coefficient (Wildman–Crippen LogP) is 2.25. The SMILES string of the molecule is Cc1nc(C2CCN(C(=O)c3cc(C#N)c(O)nc3C3CC3)CC2)no1. The van der Waals surface area contributed by atoms with E-state index < -0.39 is 0 Å². The average molecular weight is 353 g/mol. The van der Waals surface area contributed by atoms with Crippen LogP contribution in [0.5, 0.6) is 5.88 Å². The van der Waals surface area contributed by atoms with Gasteiger partial charge in [0.2, 0.25) is 11.8 Å². The highest BCUT2D eigenvalue weighted by Gasteiger charge is 2.34. The lowest BCUT2D eigenvalue weighted by Gasteiger charge is -2.31. The van der Waals surface area contributed by atoms with Crippen molar-refractivity contribution >= 4 is 5.91 Å². The lowest BCUT2D eigenvalue weighted by molar-refractivity contribution is 0.0708. The van der Waals surface area contributed by atoms with Crippen molar-refractivity contribution < 1.29 is 14.4 Å². The minimum atomic E-state index is -0.294. The summed E-state index contributed by atoms with van der Waals surface area (Å²) in [5.41, 5.74) is 1.09. The number of carbonyl (C=O) groups is 1. The lowest BCUT2D eigenvalue weighted by Crippen LogP contribution is -2.38. The molecule has 0 aromatic carbocycles. The number of aryl methyl sites for hydroxylation is 1. The standard InChI is InChI=1S/C18H19N5O3/c1-10-20-16(22-26-10)12-4-6-23(7-5-12)18(25)14-8-13(9-19)17(24)21-15(14)11-2-3-11/h8,11-12H,2-7H2,1H3,(H,21,24). The molecule has 1 aliphatic heterocycles. The summed E-state index contributed by atoms with van der Waals surface area (Å²) in [4.78, 5) is 23.2. The van der Waals surface area contributed by atoms with E-state index in [1.165, 1.54) is 6.07 Å². The maximum Gasteiger partial charge on any atom is 0.255 e. The zero-order chi connectivity index (χ0) is 18.3. The largest absolute Gasteiger partial charge is 0.492 e. The van der Waals surface area contributed by atoms with Crippen LogP contribution in [0.4, 0.5) is 0 Å². The molecule has 0 atom stereocenters. The van der Waals surface area contributed by atoms with Crippen LogP contribution in [0.2, 0.25) is 0 Å². The molecular formula is C18H19N5O3. The van der Waals surface area contributed by atoms with Crippen molar-refractivity contribution in [1.29, 1.82) is 5.26 Å². The summed E-state index contributed by atoms with van der Waals surface area (Å²) in [6.45, 7) is 2.94. The first kappa shape index (κ1) is 16.5. The molecule has 1 N–H and O–H groups in total. The number of nitrogens with zero attached hydrogens (tertiary/aromatic N) is 5. The minimum absolute atomic E-state index is 0.0370. The molecule has 8 heteroatoms. The van der Waals surface area contributed by atoms with E-state index in [0.717, 1.165) is 25.7 Å². The van der Waals surface area contributed by atoms with Crippen LogP contribution in [0.25, 0.3) is 0 Å². The first-order chi connectivity index (χ1) is 12.6. The van der Waals surface area contributed by atoms with Gasteiger partial charge < -0.3 is 14.5 Å². The normalized spacial score (nSPS) is 17.9. The zero-order valence-corrected chi connectivity index (χ0v) is 14.5. The van der Waals surface area contributed by atoms with Gasteiger partial charge >= 0.3 is 0 Å². The number of piperidine rings is 1. The number of pyridine rings is 1. The molecule has 1 amide bonds. The summed E-state index contributed by atoms with van der Waals surface area (Å²) in [5.74, 6) is 1.22. The Bertz CT molecular complexity index is 889. The number of aromatic nitrogens is 3. The molecule has 4 rings (SSSR count). The molecule has 1 aliphatic carbocycles. The van der Waals surface area contributed by atoms with Crippen molar-refractivity contribution in [3.05, 3.63) is 34.6 Å². The van der Waals surface area contributed by atoms with Gasteiger partial charge in [-0.15, -0.1) is 0 Å². The number of hydrogen-bond donors (Lipinski definition) is 1. The van der Waals surface area contributed by atoms with Gasteiger partial charge in [-0.25, -0.2) is 4.98 Å². The Labute approximate surface area is 150 Å². The van der Waals surface area contributed by atoms with Crippen LogP contribution in [0.1, 0.15) is 70.8 Å². The fraction of sp³-hybridized carbons (Fsp3) is 0.500. The van der Waals surface area contributed by atoms with E-state index in [9.17, 15) is 9.90 Å². The summed E-state index contributed by atoms with van der Waals surface area (Å²) in [6.07, 6.45) is 3.44. The molecule has 0 bridgehead atoms. The van der Waals surface area contributed by atoms with Gasteiger partial charge in [-0.05, 0) is 31.7 Å². The quantitative estimate of drug-likeness (QED) is 0.899. The van der Waals surface area contributed by atoms with Crippen LogP contribution in [0.3, 0.4) is 0 Å². The fourth-order valence-electron chi connectivity index (χ4n) is 3.43. The second-order valence-electron chi connectivity index (χ2n) is 6.92. The predicted molar refractivity (Wildman–Crippen MR) is 89.5 cm³/mol. The number of rotatable bonds is 3. The Morgan fingerprint density at radius 1 is 1.27 bits per heavy atom. The second-order valence-corrected chi connectivity index (χ2v) is 6.92. The van der Waals surface area contributed by atoms with Gasteiger partial charge in [-0.2, -0.15) is 10.2 Å². The van der Waals surface area contributed by atoms with Crippen LogP contribution in [-0.2, 0) is 0 Å². The van der Waals surface area contributed by atoms with Gasteiger partial charge in [-0.1, -0.05) is 5.16 Å². The van der Waals surface area contributed by atoms with Crippen LogP contribution in [0, 0.1) is 18.3 Å². The monoisotopic (exact) mass is 353 g/mol. The van der Waals surface area contributed by atoms with Crippen molar-refractivity contribution in [3.8, 4) is 11.9 Å². The number of carbonyl (C=O) groups excluding carboxylic acids is 1. The van der Waals surface area contributed by atoms with Crippen molar-refractivity contribution in [2.75, 3.05) is 13.1 Å². The lowest BCUT2D eigenvalue weighted by atomic mass is 9.95. The van der Waals surface area contributed by atoms with E-state index >= 15 is 0 Å². The van der Waals surface area contributed by atoms with E-state index in [1.54, 1.807) is 11.8 Å². The van der Waals surface area contributed by atoms with E-state index in [-0.39, 0.29) is 29.2 Å². The Balaban J connectivity index is 1.53. The maximum atomic E-state index is 13.0. The molecule has 2 aromatic rings. The Hall–Kier alpha value is -2.95. The van der Waals surface area contributed by atoms with Crippen LogP contribution in [0.15, 0.2) is 10.6 Å². The molecule has 0 unspecified atom stereocenters. The Morgan fingerprint density at radius 2 is 2.00 bits per heavy atom. The highest BCUT2D eigenvalue weighted by Crippen LogP contribution is 2.42. The summed E-state index contributed by atoms with van der Waals surface area (Å²) in [5, 5.41) is 23.0. The average Bonchev–Trinajstić information content (AvgIpc) is 3.42. The number of nitriles is 1. The van der Waals surface area contributed by atoms with Gasteiger partial charge in [0.25, 0.3) is 5.91 Å². The zero-order valence-electron chi connectivity index (χ0n) is 14.5. The molecule has 134 valence electrons. The molecule has 1 saturated carbocycles. The fourth-order valence-corrected chi connectivity index (χ4v) is 3.43. The number of likely N-dealkylation sites (tertiary alicyclic amines) is 1. The summed E-state index contributed by atoms with van der Waals surface area (Å²) < 4.78 is 5.04. The van der Waals surface area contributed by atoms with Crippen LogP contribution in [-0.4, -0.2) is 44.1 Å². The summed E-state index contributed by atoms with van der Waals surface area (Å²) in [6, 6.07) is 3.38. The van der Waals surface area contributed by atoms with E-state index in [4.69, 9.17) is 9.78 Å². The van der Waals surface area contributed by atoms with Gasteiger partial charge in [0, 0.05) is 31.8 Å². The Morgan fingerprint density at radius 3 is 2.58 bits per heavy atom. The van der Waals surface area contributed by atoms with Crippen LogP contribution < -0.4 is 0 Å². The number of hydrogen-bond acceptors (Lipinski definition) is 7. The number of aromatic hydroxyl groups is 1. The van der Waals surface area contributed by atoms with E-state index in [0.29, 0.717) is 36.1 Å². The highest BCUT2D eigenvalue weighted by molar-refractivity contribution is 5.96. The second kappa shape index (κ2) is 6.41. The molecule has 1 saturated heterocycles. The molecule has 2 aromatic heterocycles. The molecule has 0 spiro atoms. The minimum Gasteiger partial charge on any atom is -0.492 e. The third-order valence-corrected chi connectivity index (χ3v) is 5.04. The molecule has 0 radical (unpaired) electrons. The molecule has 8 nitrogen and oxygen atoms in total. The van der Waals surface area contributed by atoms with Crippen molar-refractivity contribution in [3.63, 3.8) is 0 Å². The van der Waals surface area contributed by atoms with Crippen molar-refractivity contribution in [1.82, 2.24) is 20.0 Å².